The molecule has 7 saturated heterocycles. The Morgan fingerprint density at radius 2 is 0.631 bits per heavy atom. The van der Waals surface area contributed by atoms with Crippen molar-refractivity contribution in [2.75, 3.05) is 46.2 Å². The zero-order valence-corrected chi connectivity index (χ0v) is 76.5. The van der Waals surface area contributed by atoms with Crippen LogP contribution in [0.15, 0.2) is 24.3 Å². The summed E-state index contributed by atoms with van der Waals surface area (Å²) in [6.07, 6.45) is -20.1. The molecule has 3 amide bonds. The highest BCUT2D eigenvalue weighted by atomic mass is 16.8. The molecule has 23 N–H and O–H groups in total. The lowest BCUT2D eigenvalue weighted by molar-refractivity contribution is -0.392. The molecule has 0 bridgehead atoms. The van der Waals surface area contributed by atoms with Crippen LogP contribution in [0.3, 0.4) is 0 Å². The number of hydrogen-bond donors (Lipinski definition) is 23. The first-order valence-electron chi connectivity index (χ1n) is 48.0. The smallest absolute Gasteiger partial charge is 0.220 e. The Bertz CT molecular complexity index is 3110. The van der Waals surface area contributed by atoms with Crippen molar-refractivity contribution in [3.05, 3.63) is 24.3 Å². The molecule has 7 heterocycles. The van der Waals surface area contributed by atoms with Crippen LogP contribution in [0.4, 0.5) is 0 Å². The quantitative estimate of drug-likeness (QED) is 0.0265. The van der Waals surface area contributed by atoms with Gasteiger partial charge in [-0.15, -0.1) is 0 Å². The summed E-state index contributed by atoms with van der Waals surface area (Å²) in [5.41, 5.74) is 0. The van der Waals surface area contributed by atoms with Crippen molar-refractivity contribution in [1.29, 1.82) is 0 Å². The fourth-order valence-electron chi connectivity index (χ4n) is 17.6. The third kappa shape index (κ3) is 34.8. The number of aliphatic hydroxyl groups is 20. The summed E-state index contributed by atoms with van der Waals surface area (Å²) in [6.45, 7) is 0.917. The molecule has 7 rings (SSSR count). The van der Waals surface area contributed by atoms with E-state index in [1.54, 1.807) is 6.08 Å². The number of carbonyl (C=O) groups is 3. The molecule has 0 aromatic heterocycles. The summed E-state index contributed by atoms with van der Waals surface area (Å²) in [4.78, 5) is 40.3. The van der Waals surface area contributed by atoms with E-state index in [0.717, 1.165) is 71.6 Å². The minimum Gasteiger partial charge on any atom is -0.394 e. The number of ether oxygens (including phenoxy) is 14. The van der Waals surface area contributed by atoms with E-state index in [1.807, 2.05) is 6.08 Å². The molecule has 7 aliphatic rings. The van der Waals surface area contributed by atoms with Gasteiger partial charge in [-0.1, -0.05) is 205 Å². The molecule has 40 nitrogen and oxygen atoms in total. The summed E-state index contributed by atoms with van der Waals surface area (Å²) < 4.78 is 84.4. The average Bonchev–Trinajstić information content (AvgIpc) is 0.760. The highest BCUT2D eigenvalue weighted by molar-refractivity contribution is 5.76. The van der Waals surface area contributed by atoms with Gasteiger partial charge in [0.1, 0.15) is 165 Å². The summed E-state index contributed by atoms with van der Waals surface area (Å²) >= 11 is 0. The van der Waals surface area contributed by atoms with Crippen molar-refractivity contribution in [2.24, 2.45) is 0 Å². The second-order valence-corrected chi connectivity index (χ2v) is 35.9. The standard InChI is InChI=1S/C90H161N3O37/c1-6-8-10-12-14-16-18-20-21-22-23-24-25-26-27-28-29-31-33-35-37-39-41-43-62(103)93-54(55(102)42-40-38-36-34-32-30-19-17-15-13-11-9-7-2)50-117-86-75(114)72(111)78(60(48-98)124-86)125-89-76(115)82(68(107)58(46-96)121-89)129-84-63(91-52(4)100)80(67(106)57(45-95)119-84)127-90-77(116)83(69(108)59(47-97)122-90)130-85-64(92-53(5)101)81(128-88-74(113)71(110)66(105)56(44-94)120-88)79(61(49-99)123-85)126-87-73(112)70(109)65(104)51(3)118-87/h20-21,40,42,51,54-61,63-90,94-99,102,104-116H,6-19,22-39,41,43-50H2,1-5H3,(H,91,100)(H,92,101)(H,93,103)/b21-20-,42-40+/t51?,54-,55+,56?,57?,58?,59?,60?,61?,63?,64?,65+,66-,67+,68-,69-,70?,71-,72+,73-,74?,75?,76?,77?,78+,79+,80+,81+,82-,83-,84-,85-,86+,87+,88-,89-,90-/m0/s1. The molecule has 37 atom stereocenters. The first kappa shape index (κ1) is 114. The van der Waals surface area contributed by atoms with E-state index in [1.165, 1.54) is 148 Å². The van der Waals surface area contributed by atoms with Crippen LogP contribution < -0.4 is 16.0 Å². The van der Waals surface area contributed by atoms with Gasteiger partial charge in [0.05, 0.1) is 64.5 Å². The highest BCUT2D eigenvalue weighted by Crippen LogP contribution is 2.40. The van der Waals surface area contributed by atoms with E-state index in [4.69, 9.17) is 66.3 Å². The Labute approximate surface area is 763 Å². The van der Waals surface area contributed by atoms with Crippen molar-refractivity contribution in [3.63, 3.8) is 0 Å². The van der Waals surface area contributed by atoms with Gasteiger partial charge in [-0.2, -0.15) is 0 Å². The number of amides is 3. The predicted molar refractivity (Wildman–Crippen MR) is 462 cm³/mol. The molecule has 7 fully saturated rings. The van der Waals surface area contributed by atoms with E-state index >= 15 is 0 Å². The van der Waals surface area contributed by atoms with Crippen LogP contribution in [0.2, 0.25) is 0 Å². The zero-order valence-electron chi connectivity index (χ0n) is 76.5. The molecule has 14 unspecified atom stereocenters. The van der Waals surface area contributed by atoms with Gasteiger partial charge in [-0.05, 0) is 51.9 Å². The molecule has 130 heavy (non-hydrogen) atoms. The van der Waals surface area contributed by atoms with Gasteiger partial charge < -0.3 is 184 Å². The van der Waals surface area contributed by atoms with Crippen LogP contribution in [0, 0.1) is 0 Å². The Morgan fingerprint density at radius 3 is 1.07 bits per heavy atom. The molecular weight excluding hydrogens is 1710 g/mol. The Hall–Kier alpha value is -3.47. The van der Waals surface area contributed by atoms with E-state index in [2.05, 4.69) is 41.9 Å². The molecule has 0 aliphatic carbocycles. The van der Waals surface area contributed by atoms with Crippen LogP contribution in [-0.4, -0.2) is 393 Å². The van der Waals surface area contributed by atoms with Gasteiger partial charge in [0, 0.05) is 20.3 Å². The first-order chi connectivity index (χ1) is 62.5. The number of rotatable bonds is 61. The highest BCUT2D eigenvalue weighted by Gasteiger charge is 2.60. The number of allylic oxidation sites excluding steroid dienone is 3. The molecule has 7 aliphatic heterocycles. The minimum absolute atomic E-state index is 0.155. The lowest BCUT2D eigenvalue weighted by Crippen LogP contribution is -2.72. The molecule has 758 valence electrons. The van der Waals surface area contributed by atoms with Crippen LogP contribution in [0.1, 0.15) is 253 Å². The van der Waals surface area contributed by atoms with Crippen molar-refractivity contribution >= 4 is 17.7 Å². The third-order valence-corrected chi connectivity index (χ3v) is 25.5. The van der Waals surface area contributed by atoms with Crippen molar-refractivity contribution in [2.45, 2.75) is 480 Å². The summed E-state index contributed by atoms with van der Waals surface area (Å²) in [6, 6.07) is -4.92. The molecular formula is C90H161N3O37. The minimum atomic E-state index is -2.39. The molecule has 0 aromatic rings. The summed E-state index contributed by atoms with van der Waals surface area (Å²) in [5.74, 6) is -2.21. The lowest BCUT2D eigenvalue weighted by Gasteiger charge is -2.52. The van der Waals surface area contributed by atoms with Crippen molar-refractivity contribution in [3.8, 4) is 0 Å². The second-order valence-electron chi connectivity index (χ2n) is 35.9. The molecule has 0 saturated carbocycles. The summed E-state index contributed by atoms with van der Waals surface area (Å²) in [7, 11) is 0. The maximum absolute atomic E-state index is 13.7. The van der Waals surface area contributed by atoms with Crippen LogP contribution in [0.25, 0.3) is 0 Å². The van der Waals surface area contributed by atoms with Crippen molar-refractivity contribution in [1.82, 2.24) is 16.0 Å². The maximum Gasteiger partial charge on any atom is 0.220 e. The van der Waals surface area contributed by atoms with Gasteiger partial charge >= 0.3 is 0 Å². The topological polar surface area (TPSA) is 621 Å². The van der Waals surface area contributed by atoms with Gasteiger partial charge in [-0.3, -0.25) is 14.4 Å². The molecule has 0 aromatic carbocycles. The Kier molecular flexibility index (Phi) is 53.3. The number of aliphatic hydroxyl groups excluding tert-OH is 20. The number of nitrogens with one attached hydrogen (secondary N) is 3. The largest absolute Gasteiger partial charge is 0.394 e. The maximum atomic E-state index is 13.7. The first-order valence-corrected chi connectivity index (χ1v) is 48.0. The third-order valence-electron chi connectivity index (χ3n) is 25.5. The average molecular weight is 1880 g/mol. The number of carbonyl (C=O) groups excluding carboxylic acids is 3. The Morgan fingerprint density at radius 1 is 0.315 bits per heavy atom. The zero-order chi connectivity index (χ0) is 94.9. The number of hydrogen-bond acceptors (Lipinski definition) is 37. The van der Waals surface area contributed by atoms with Gasteiger partial charge in [-0.25, -0.2) is 0 Å². The van der Waals surface area contributed by atoms with E-state index in [0.29, 0.717) is 12.8 Å². The SMILES string of the molecule is CCCCCCCC/C=C\CCCCCCCCCCCCCCCC(=O)N[C@@H](CO[C@@H]1OC(CO)[C@@H](O[C@@H]2OC(CO)[C@H](O)[C@H](O[C@@H]3OC(CO)[C@@H](O)[C@H](O[C@@H]4OC(CO)[C@H](O)[C@H](O[C@@H]5OC(CO)[C@@H](O[C@H]6OC(C)[C@@H](O)C(O)[C@@H]6O)[C@H](O[C@@H]6OC(CO)[C@H](O)[C@H](O)C6O)C5NC(C)=O)C4O)C3NC(C)=O)C2O)[C@H](O)C1O)[C@H](O)/C=C/CCCCCCCCCCCCC. The monoisotopic (exact) mass is 1880 g/mol. The van der Waals surface area contributed by atoms with Crippen LogP contribution in [-0.2, 0) is 80.7 Å². The molecule has 0 radical (unpaired) electrons. The Balaban J connectivity index is 1.00. The van der Waals surface area contributed by atoms with Gasteiger partial charge in [0.25, 0.3) is 0 Å². The van der Waals surface area contributed by atoms with Gasteiger partial charge in [0.15, 0.2) is 44.0 Å². The molecule has 0 spiro atoms. The predicted octanol–water partition coefficient (Wildman–Crippen LogP) is -0.675. The lowest BCUT2D eigenvalue weighted by atomic mass is 9.93. The van der Waals surface area contributed by atoms with Gasteiger partial charge in [0.2, 0.25) is 17.7 Å². The van der Waals surface area contributed by atoms with E-state index in [9.17, 15) is 117 Å². The normalized spacial score (nSPS) is 37.3. The van der Waals surface area contributed by atoms with Crippen LogP contribution in [0.5, 0.6) is 0 Å². The number of unbranched alkanes of at least 4 members (excludes halogenated alkanes) is 30. The van der Waals surface area contributed by atoms with Crippen LogP contribution >= 0.6 is 0 Å². The molecule has 40 heteroatoms. The van der Waals surface area contributed by atoms with Crippen molar-refractivity contribution < 1.29 is 183 Å². The van der Waals surface area contributed by atoms with E-state index in [-0.39, 0.29) is 12.3 Å². The van der Waals surface area contributed by atoms with E-state index < -0.39 is 285 Å². The summed E-state index contributed by atoms with van der Waals surface area (Å²) in [5, 5.41) is 233. The fourth-order valence-corrected chi connectivity index (χ4v) is 17.6. The fraction of sp³-hybridized carbons (Fsp3) is 0.922. The second kappa shape index (κ2) is 61.1.